The SMILES string of the molecule is Cc1c(C(C)C(=O)c2ncccc2C(C)(C)C)ccc(Cl)c1N(C)S(C)(=O)=O. The van der Waals surface area contributed by atoms with Crippen LogP contribution in [0.5, 0.6) is 0 Å². The molecule has 7 heteroatoms. The van der Waals surface area contributed by atoms with Crippen LogP contribution in [0.3, 0.4) is 0 Å². The van der Waals surface area contributed by atoms with Crippen LogP contribution in [0.2, 0.25) is 5.02 Å². The van der Waals surface area contributed by atoms with Gasteiger partial charge in [-0.3, -0.25) is 14.1 Å². The van der Waals surface area contributed by atoms with Gasteiger partial charge in [-0.1, -0.05) is 51.4 Å². The largest absolute Gasteiger partial charge is 0.292 e. The third-order valence-electron chi connectivity index (χ3n) is 4.94. The fourth-order valence-corrected chi connectivity index (χ4v) is 4.21. The molecule has 1 aromatic heterocycles. The van der Waals surface area contributed by atoms with Crippen LogP contribution in [0.15, 0.2) is 30.5 Å². The lowest BCUT2D eigenvalue weighted by atomic mass is 9.82. The average Bonchev–Trinajstić information content (AvgIpc) is 2.59. The molecular formula is C21H27ClN2O3S. The highest BCUT2D eigenvalue weighted by molar-refractivity contribution is 7.92. The van der Waals surface area contributed by atoms with Crippen LogP contribution in [-0.4, -0.2) is 32.5 Å². The van der Waals surface area contributed by atoms with Crippen molar-refractivity contribution in [2.75, 3.05) is 17.6 Å². The van der Waals surface area contributed by atoms with Crippen LogP contribution in [0, 0.1) is 6.92 Å². The third-order valence-corrected chi connectivity index (χ3v) is 6.43. The van der Waals surface area contributed by atoms with Crippen molar-refractivity contribution in [3.8, 4) is 0 Å². The van der Waals surface area contributed by atoms with Crippen molar-refractivity contribution in [2.24, 2.45) is 0 Å². The molecule has 5 nitrogen and oxygen atoms in total. The Kier molecular flexibility index (Phi) is 6.26. The van der Waals surface area contributed by atoms with E-state index in [1.54, 1.807) is 25.3 Å². The first-order valence-corrected chi connectivity index (χ1v) is 11.2. The molecule has 2 aromatic rings. The van der Waals surface area contributed by atoms with Gasteiger partial charge >= 0.3 is 0 Å². The number of ketones is 1. The van der Waals surface area contributed by atoms with E-state index in [1.807, 2.05) is 39.8 Å². The number of hydrogen-bond acceptors (Lipinski definition) is 4. The Hall–Kier alpha value is -1.92. The van der Waals surface area contributed by atoms with Crippen LogP contribution in [0.25, 0.3) is 0 Å². The Balaban J connectivity index is 2.58. The Morgan fingerprint density at radius 1 is 1.21 bits per heavy atom. The minimum Gasteiger partial charge on any atom is -0.292 e. The predicted molar refractivity (Wildman–Crippen MR) is 115 cm³/mol. The molecule has 28 heavy (non-hydrogen) atoms. The summed E-state index contributed by atoms with van der Waals surface area (Å²) in [6.45, 7) is 9.71. The maximum Gasteiger partial charge on any atom is 0.232 e. The van der Waals surface area contributed by atoms with E-state index in [4.69, 9.17) is 11.6 Å². The molecule has 0 aliphatic carbocycles. The molecule has 2 rings (SSSR count). The summed E-state index contributed by atoms with van der Waals surface area (Å²) in [5.74, 6) is -0.608. The zero-order valence-corrected chi connectivity index (χ0v) is 18.9. The van der Waals surface area contributed by atoms with E-state index in [0.29, 0.717) is 22.0 Å². The lowest BCUT2D eigenvalue weighted by Crippen LogP contribution is -2.27. The highest BCUT2D eigenvalue weighted by Gasteiger charge is 2.29. The minimum absolute atomic E-state index is 0.107. The van der Waals surface area contributed by atoms with Gasteiger partial charge < -0.3 is 0 Å². The molecule has 0 saturated heterocycles. The van der Waals surface area contributed by atoms with E-state index in [2.05, 4.69) is 4.98 Å². The highest BCUT2D eigenvalue weighted by atomic mass is 35.5. The Labute approximate surface area is 172 Å². The van der Waals surface area contributed by atoms with E-state index in [1.165, 1.54) is 7.05 Å². The van der Waals surface area contributed by atoms with Crippen molar-refractivity contribution in [1.29, 1.82) is 0 Å². The lowest BCUT2D eigenvalue weighted by Gasteiger charge is -2.25. The molecule has 0 aliphatic rings. The summed E-state index contributed by atoms with van der Waals surface area (Å²) in [6, 6.07) is 7.16. The van der Waals surface area contributed by atoms with Gasteiger partial charge in [0.15, 0.2) is 5.78 Å². The number of Topliss-reactive ketones (excluding diaryl/α,β-unsaturated/α-hetero) is 1. The topological polar surface area (TPSA) is 67.3 Å². The molecular weight excluding hydrogens is 396 g/mol. The van der Waals surface area contributed by atoms with Crippen LogP contribution in [0.4, 0.5) is 5.69 Å². The van der Waals surface area contributed by atoms with Gasteiger partial charge in [0, 0.05) is 19.2 Å². The number of sulfonamides is 1. The monoisotopic (exact) mass is 422 g/mol. The predicted octanol–water partition coefficient (Wildman–Crippen LogP) is 4.72. The smallest absolute Gasteiger partial charge is 0.232 e. The van der Waals surface area contributed by atoms with Crippen LogP contribution < -0.4 is 4.31 Å². The van der Waals surface area contributed by atoms with Gasteiger partial charge in [0.1, 0.15) is 5.69 Å². The van der Waals surface area contributed by atoms with Crippen LogP contribution in [-0.2, 0) is 15.4 Å². The van der Waals surface area contributed by atoms with E-state index in [9.17, 15) is 13.2 Å². The number of aromatic nitrogens is 1. The average molecular weight is 423 g/mol. The summed E-state index contributed by atoms with van der Waals surface area (Å²) >= 11 is 6.29. The van der Waals surface area contributed by atoms with Gasteiger partial charge in [-0.25, -0.2) is 8.42 Å². The molecule has 1 unspecified atom stereocenters. The van der Waals surface area contributed by atoms with Crippen LogP contribution >= 0.6 is 11.6 Å². The lowest BCUT2D eigenvalue weighted by molar-refractivity contribution is 0.0958. The van der Waals surface area contributed by atoms with E-state index >= 15 is 0 Å². The summed E-state index contributed by atoms with van der Waals surface area (Å²) in [5, 5.41) is 0.321. The number of carbonyl (C=O) groups excluding carboxylic acids is 1. The van der Waals surface area contributed by atoms with Crippen molar-refractivity contribution in [1.82, 2.24) is 4.98 Å². The number of pyridine rings is 1. The number of benzene rings is 1. The Morgan fingerprint density at radius 2 is 1.82 bits per heavy atom. The summed E-state index contributed by atoms with van der Waals surface area (Å²) in [5.41, 5.74) is 2.87. The standard InChI is InChI=1S/C21H27ClN2O3S/c1-13-15(10-11-17(22)19(13)24(6)28(7,26)27)14(2)20(25)18-16(21(3,4)5)9-8-12-23-18/h8-12,14H,1-7H3. The van der Waals surface area contributed by atoms with E-state index < -0.39 is 15.9 Å². The first-order chi connectivity index (χ1) is 12.8. The molecule has 0 fully saturated rings. The van der Waals surface area contributed by atoms with Gasteiger partial charge in [0.2, 0.25) is 10.0 Å². The van der Waals surface area contributed by atoms with Gasteiger partial charge in [0.25, 0.3) is 0 Å². The number of halogens is 1. The molecule has 1 aromatic carbocycles. The second kappa shape index (κ2) is 7.84. The zero-order chi connectivity index (χ0) is 21.4. The molecule has 0 spiro atoms. The van der Waals surface area contributed by atoms with Crippen molar-refractivity contribution >= 4 is 33.1 Å². The maximum atomic E-state index is 13.3. The molecule has 0 aliphatic heterocycles. The number of hydrogen-bond donors (Lipinski definition) is 0. The zero-order valence-electron chi connectivity index (χ0n) is 17.4. The number of nitrogens with zero attached hydrogens (tertiary/aromatic N) is 2. The van der Waals surface area contributed by atoms with Gasteiger partial charge in [-0.15, -0.1) is 0 Å². The quantitative estimate of drug-likeness (QED) is 0.653. The fraction of sp³-hybridized carbons (Fsp3) is 0.429. The molecule has 152 valence electrons. The van der Waals surface area contributed by atoms with Crippen molar-refractivity contribution in [3.63, 3.8) is 0 Å². The minimum atomic E-state index is -3.49. The summed E-state index contributed by atoms with van der Waals surface area (Å²) in [4.78, 5) is 17.7. The molecule has 0 bridgehead atoms. The number of anilines is 1. The summed E-state index contributed by atoms with van der Waals surface area (Å²) in [6.07, 6.45) is 2.74. The van der Waals surface area contributed by atoms with Gasteiger partial charge in [-0.2, -0.15) is 0 Å². The molecule has 1 heterocycles. The van der Waals surface area contributed by atoms with Gasteiger partial charge in [-0.05, 0) is 41.2 Å². The molecule has 0 N–H and O–H groups in total. The second-order valence-corrected chi connectivity index (χ2v) is 10.5. The molecule has 0 radical (unpaired) electrons. The van der Waals surface area contributed by atoms with Crippen molar-refractivity contribution < 1.29 is 13.2 Å². The molecule has 1 atom stereocenters. The first kappa shape index (κ1) is 22.4. The first-order valence-electron chi connectivity index (χ1n) is 8.99. The van der Waals surface area contributed by atoms with Crippen molar-refractivity contribution in [2.45, 2.75) is 46.0 Å². The second-order valence-electron chi connectivity index (χ2n) is 8.08. The fourth-order valence-electron chi connectivity index (χ4n) is 3.26. The van der Waals surface area contributed by atoms with Crippen molar-refractivity contribution in [3.05, 3.63) is 57.9 Å². The summed E-state index contributed by atoms with van der Waals surface area (Å²) in [7, 11) is -2.04. The maximum absolute atomic E-state index is 13.3. The van der Waals surface area contributed by atoms with Crippen LogP contribution in [0.1, 0.15) is 60.8 Å². The molecule has 0 saturated carbocycles. The Bertz CT molecular complexity index is 1010. The number of carbonyl (C=O) groups is 1. The molecule has 0 amide bonds. The summed E-state index contributed by atoms with van der Waals surface area (Å²) < 4.78 is 25.2. The third kappa shape index (κ3) is 4.39. The van der Waals surface area contributed by atoms with Gasteiger partial charge in [0.05, 0.1) is 17.0 Å². The Morgan fingerprint density at radius 3 is 2.36 bits per heavy atom. The number of rotatable bonds is 5. The van der Waals surface area contributed by atoms with E-state index in [-0.39, 0.29) is 11.2 Å². The van der Waals surface area contributed by atoms with E-state index in [0.717, 1.165) is 21.7 Å². The normalized spacial score (nSPS) is 13.3. The highest BCUT2D eigenvalue weighted by Crippen LogP contribution is 2.37.